The molecule has 2 atom stereocenters. The van der Waals surface area contributed by atoms with Gasteiger partial charge in [0.25, 0.3) is 5.91 Å². The summed E-state index contributed by atoms with van der Waals surface area (Å²) in [6.07, 6.45) is 2.64. The van der Waals surface area contributed by atoms with Crippen LogP contribution < -0.4 is 10.2 Å². The summed E-state index contributed by atoms with van der Waals surface area (Å²) in [7, 11) is 0. The maximum Gasteiger partial charge on any atom is 0.254 e. The Morgan fingerprint density at radius 2 is 1.85 bits per heavy atom. The maximum absolute atomic E-state index is 13.9. The third-order valence-electron chi connectivity index (χ3n) is 5.22. The van der Waals surface area contributed by atoms with Crippen molar-refractivity contribution < 1.29 is 18.5 Å². The number of hydrogen-bond donors (Lipinski definition) is 2. The van der Waals surface area contributed by atoms with Gasteiger partial charge >= 0.3 is 0 Å². The fourth-order valence-electron chi connectivity index (χ4n) is 3.77. The summed E-state index contributed by atoms with van der Waals surface area (Å²) in [6.45, 7) is 2.22. The highest BCUT2D eigenvalue weighted by atomic mass is 19.1. The SMILES string of the molecule is O=C(NC[C@H](c1ccco1)[NH+]1CCc2ccccc2C1)c1ccccc1F. The lowest BCUT2D eigenvalue weighted by Gasteiger charge is -2.31. The zero-order valence-electron chi connectivity index (χ0n) is 15.0. The van der Waals surface area contributed by atoms with Crippen molar-refractivity contribution in [1.82, 2.24) is 5.32 Å². The molecular formula is C22H22FN2O2+. The molecule has 3 aromatic rings. The van der Waals surface area contributed by atoms with Crippen LogP contribution in [0.1, 0.15) is 33.3 Å². The number of carbonyl (C=O) groups is 1. The predicted molar refractivity (Wildman–Crippen MR) is 99.9 cm³/mol. The molecule has 0 radical (unpaired) electrons. The van der Waals surface area contributed by atoms with Crippen molar-refractivity contribution in [3.8, 4) is 0 Å². The Labute approximate surface area is 157 Å². The van der Waals surface area contributed by atoms with E-state index < -0.39 is 11.7 Å². The average molecular weight is 365 g/mol. The second-order valence-corrected chi connectivity index (χ2v) is 6.86. The number of hydrogen-bond acceptors (Lipinski definition) is 2. The van der Waals surface area contributed by atoms with Crippen LogP contribution in [0.3, 0.4) is 0 Å². The topological polar surface area (TPSA) is 46.7 Å². The Morgan fingerprint density at radius 3 is 2.63 bits per heavy atom. The molecular weight excluding hydrogens is 343 g/mol. The molecule has 1 unspecified atom stereocenters. The Morgan fingerprint density at radius 1 is 1.07 bits per heavy atom. The van der Waals surface area contributed by atoms with E-state index in [1.165, 1.54) is 28.2 Å². The molecule has 2 aromatic carbocycles. The standard InChI is InChI=1S/C22H21FN2O2/c23-19-9-4-3-8-18(19)22(26)24-14-20(21-10-5-13-27-21)25-12-11-16-6-1-2-7-17(16)15-25/h1-10,13,20H,11-12,14-15H2,(H,24,26)/p+1/t20-/m1/s1. The lowest BCUT2D eigenvalue weighted by atomic mass is 9.98. The zero-order chi connectivity index (χ0) is 18.6. The van der Waals surface area contributed by atoms with Crippen LogP contribution in [0.5, 0.6) is 0 Å². The molecule has 0 aliphatic carbocycles. The summed E-state index contributed by atoms with van der Waals surface area (Å²) in [4.78, 5) is 13.8. The van der Waals surface area contributed by atoms with E-state index in [1.54, 1.807) is 18.4 Å². The lowest BCUT2D eigenvalue weighted by molar-refractivity contribution is -0.946. The van der Waals surface area contributed by atoms with Gasteiger partial charge in [0.2, 0.25) is 0 Å². The molecule has 2 N–H and O–H groups in total. The smallest absolute Gasteiger partial charge is 0.254 e. The van der Waals surface area contributed by atoms with E-state index >= 15 is 0 Å². The summed E-state index contributed by atoms with van der Waals surface area (Å²) < 4.78 is 19.5. The minimum absolute atomic E-state index is 0.0240. The van der Waals surface area contributed by atoms with Crippen molar-refractivity contribution >= 4 is 5.91 Å². The van der Waals surface area contributed by atoms with Crippen molar-refractivity contribution in [2.75, 3.05) is 13.1 Å². The molecule has 5 heteroatoms. The van der Waals surface area contributed by atoms with Crippen molar-refractivity contribution in [3.05, 3.63) is 95.2 Å². The number of fused-ring (bicyclic) bond motifs is 1. The molecule has 4 rings (SSSR count). The summed E-state index contributed by atoms with van der Waals surface area (Å²) in [5, 5.41) is 2.89. The van der Waals surface area contributed by atoms with Crippen LogP contribution in [0.25, 0.3) is 0 Å². The highest BCUT2D eigenvalue weighted by Crippen LogP contribution is 2.16. The quantitative estimate of drug-likeness (QED) is 0.730. The van der Waals surface area contributed by atoms with E-state index in [9.17, 15) is 9.18 Å². The van der Waals surface area contributed by atoms with Gasteiger partial charge in [-0.25, -0.2) is 4.39 Å². The molecule has 0 saturated carbocycles. The van der Waals surface area contributed by atoms with Gasteiger partial charge in [0.05, 0.1) is 24.9 Å². The van der Waals surface area contributed by atoms with E-state index in [0.717, 1.165) is 25.3 Å². The van der Waals surface area contributed by atoms with E-state index in [1.807, 2.05) is 12.1 Å². The molecule has 4 nitrogen and oxygen atoms in total. The number of furan rings is 1. The Bertz CT molecular complexity index is 924. The minimum atomic E-state index is -0.510. The normalized spacial score (nSPS) is 17.1. The third-order valence-corrected chi connectivity index (χ3v) is 5.22. The van der Waals surface area contributed by atoms with Gasteiger partial charge in [0.15, 0.2) is 11.8 Å². The van der Waals surface area contributed by atoms with Crippen molar-refractivity contribution in [3.63, 3.8) is 0 Å². The van der Waals surface area contributed by atoms with Crippen molar-refractivity contribution in [1.29, 1.82) is 0 Å². The molecule has 0 fully saturated rings. The summed E-state index contributed by atoms with van der Waals surface area (Å²) in [6, 6.07) is 18.3. The van der Waals surface area contributed by atoms with Crippen LogP contribution >= 0.6 is 0 Å². The number of benzene rings is 2. The fraction of sp³-hybridized carbons (Fsp3) is 0.227. The number of nitrogens with one attached hydrogen (secondary N) is 2. The summed E-state index contributed by atoms with van der Waals surface area (Å²) >= 11 is 0. The van der Waals surface area contributed by atoms with Gasteiger partial charge in [-0.2, -0.15) is 0 Å². The second kappa shape index (κ2) is 7.76. The molecule has 27 heavy (non-hydrogen) atoms. The predicted octanol–water partition coefficient (Wildman–Crippen LogP) is 2.53. The molecule has 1 amide bonds. The molecule has 138 valence electrons. The van der Waals surface area contributed by atoms with Crippen LogP contribution in [0.2, 0.25) is 0 Å². The van der Waals surface area contributed by atoms with E-state index in [0.29, 0.717) is 6.54 Å². The van der Waals surface area contributed by atoms with Gasteiger partial charge in [-0.05, 0) is 29.8 Å². The van der Waals surface area contributed by atoms with Gasteiger partial charge < -0.3 is 14.6 Å². The fourth-order valence-corrected chi connectivity index (χ4v) is 3.77. The monoisotopic (exact) mass is 365 g/mol. The van der Waals surface area contributed by atoms with Crippen molar-refractivity contribution in [2.45, 2.75) is 19.0 Å². The van der Waals surface area contributed by atoms with Gasteiger partial charge in [-0.1, -0.05) is 36.4 Å². The average Bonchev–Trinajstić information content (AvgIpc) is 3.23. The first-order valence-corrected chi connectivity index (χ1v) is 9.20. The number of rotatable bonds is 5. The number of amides is 1. The van der Waals surface area contributed by atoms with E-state index in [-0.39, 0.29) is 11.6 Å². The molecule has 0 bridgehead atoms. The van der Waals surface area contributed by atoms with E-state index in [4.69, 9.17) is 4.42 Å². The van der Waals surface area contributed by atoms with Crippen LogP contribution in [-0.4, -0.2) is 19.0 Å². The Balaban J connectivity index is 1.51. The molecule has 1 aromatic heterocycles. The maximum atomic E-state index is 13.9. The van der Waals surface area contributed by atoms with E-state index in [2.05, 4.69) is 29.6 Å². The van der Waals surface area contributed by atoms with Crippen LogP contribution in [-0.2, 0) is 13.0 Å². The van der Waals surface area contributed by atoms with Gasteiger partial charge in [-0.3, -0.25) is 4.79 Å². The first kappa shape index (κ1) is 17.5. The Kier molecular flexibility index (Phi) is 5.03. The molecule has 0 saturated heterocycles. The van der Waals surface area contributed by atoms with Crippen molar-refractivity contribution in [2.24, 2.45) is 0 Å². The van der Waals surface area contributed by atoms with Crippen LogP contribution in [0, 0.1) is 5.82 Å². The van der Waals surface area contributed by atoms with Gasteiger partial charge in [0, 0.05) is 12.0 Å². The molecule has 2 heterocycles. The molecule has 0 spiro atoms. The lowest BCUT2D eigenvalue weighted by Crippen LogP contribution is -3.12. The Hall–Kier alpha value is -2.92. The molecule has 1 aliphatic heterocycles. The minimum Gasteiger partial charge on any atom is -0.463 e. The number of halogens is 1. The first-order valence-electron chi connectivity index (χ1n) is 9.20. The highest BCUT2D eigenvalue weighted by molar-refractivity contribution is 5.94. The second-order valence-electron chi connectivity index (χ2n) is 6.86. The van der Waals surface area contributed by atoms with Gasteiger partial charge in [-0.15, -0.1) is 0 Å². The largest absolute Gasteiger partial charge is 0.463 e. The molecule has 1 aliphatic rings. The highest BCUT2D eigenvalue weighted by Gasteiger charge is 2.30. The third kappa shape index (κ3) is 3.78. The summed E-state index contributed by atoms with van der Waals surface area (Å²) in [5.41, 5.74) is 2.78. The first-order chi connectivity index (χ1) is 13.2. The van der Waals surface area contributed by atoms with Crippen LogP contribution in [0.4, 0.5) is 4.39 Å². The number of carbonyl (C=O) groups excluding carboxylic acids is 1. The zero-order valence-corrected chi connectivity index (χ0v) is 15.0. The summed E-state index contributed by atoms with van der Waals surface area (Å²) in [5.74, 6) is -0.0801. The number of quaternary nitrogens is 1. The van der Waals surface area contributed by atoms with Gasteiger partial charge in [0.1, 0.15) is 12.4 Å². The van der Waals surface area contributed by atoms with Crippen LogP contribution in [0.15, 0.2) is 71.3 Å².